The number of H-pyrrole nitrogens is 1. The number of halogens is 1. The molecular weight excluding hydrogens is 475 g/mol. The maximum atomic E-state index is 14.2. The Labute approximate surface area is 212 Å². The van der Waals surface area contributed by atoms with Crippen LogP contribution < -0.4 is 9.47 Å². The molecule has 0 radical (unpaired) electrons. The molecular formula is C29H25FN2O5. The second-order valence-corrected chi connectivity index (χ2v) is 8.75. The van der Waals surface area contributed by atoms with Crippen molar-refractivity contribution in [2.75, 3.05) is 20.8 Å². The number of ether oxygens (including phenoxy) is 2. The first-order chi connectivity index (χ1) is 17.9. The van der Waals surface area contributed by atoms with Crippen molar-refractivity contribution in [1.82, 2.24) is 9.88 Å². The number of nitrogens with one attached hydrogen (secondary N) is 1. The second-order valence-electron chi connectivity index (χ2n) is 8.75. The summed E-state index contributed by atoms with van der Waals surface area (Å²) in [5.41, 5.74) is 2.52. The number of likely N-dealkylation sites (tertiary alicyclic amines) is 1. The number of methoxy groups -OCH3 is 2. The van der Waals surface area contributed by atoms with Gasteiger partial charge in [0.2, 0.25) is 0 Å². The lowest BCUT2D eigenvalue weighted by Crippen LogP contribution is -2.31. The molecule has 188 valence electrons. The first kappa shape index (κ1) is 24.1. The molecule has 0 spiro atoms. The average molecular weight is 501 g/mol. The number of aliphatic hydroxyl groups is 1. The van der Waals surface area contributed by atoms with Gasteiger partial charge < -0.3 is 24.5 Å². The summed E-state index contributed by atoms with van der Waals surface area (Å²) in [6, 6.07) is 16.9. The number of fused-ring (bicyclic) bond motifs is 1. The molecule has 7 nitrogen and oxygen atoms in total. The van der Waals surface area contributed by atoms with Gasteiger partial charge in [0.05, 0.1) is 25.8 Å². The molecule has 1 atom stereocenters. The van der Waals surface area contributed by atoms with Gasteiger partial charge in [-0.25, -0.2) is 4.39 Å². The number of hydrogen-bond donors (Lipinski definition) is 2. The van der Waals surface area contributed by atoms with Gasteiger partial charge in [-0.3, -0.25) is 9.59 Å². The number of rotatable bonds is 7. The minimum Gasteiger partial charge on any atom is -0.507 e. The van der Waals surface area contributed by atoms with E-state index < -0.39 is 23.5 Å². The van der Waals surface area contributed by atoms with E-state index in [-0.39, 0.29) is 17.9 Å². The molecule has 0 saturated carbocycles. The standard InChI is InChI=1S/C29H25FN2O5/c1-36-21-8-6-17(7-9-21)27(33)25-26(18-4-3-5-20(30)14-18)32(29(35)28(25)34)13-12-19-16-31-24-11-10-22(37-2)15-23(19)24/h3-11,14-16,26,31,33H,12-13H2,1-2H3/t26-/m1/s1. The van der Waals surface area contributed by atoms with E-state index in [4.69, 9.17) is 9.47 Å². The van der Waals surface area contributed by atoms with Crippen LogP contribution in [0.3, 0.4) is 0 Å². The Hall–Kier alpha value is -4.59. The van der Waals surface area contributed by atoms with Crippen molar-refractivity contribution in [3.05, 3.63) is 101 Å². The fraction of sp³-hybridized carbons (Fsp3) is 0.172. The molecule has 1 aliphatic rings. The number of aliphatic hydroxyl groups excluding tert-OH is 1. The maximum absolute atomic E-state index is 14.2. The quantitative estimate of drug-likeness (QED) is 0.212. The number of aromatic nitrogens is 1. The van der Waals surface area contributed by atoms with Gasteiger partial charge in [0.1, 0.15) is 23.1 Å². The summed E-state index contributed by atoms with van der Waals surface area (Å²) in [7, 11) is 3.11. The van der Waals surface area contributed by atoms with Crippen LogP contribution in [0.15, 0.2) is 78.5 Å². The highest BCUT2D eigenvalue weighted by molar-refractivity contribution is 6.46. The normalized spacial score (nSPS) is 16.9. The fourth-order valence-corrected chi connectivity index (χ4v) is 4.77. The number of ketones is 1. The zero-order valence-electron chi connectivity index (χ0n) is 20.3. The third-order valence-corrected chi connectivity index (χ3v) is 6.66. The molecule has 1 saturated heterocycles. The highest BCUT2D eigenvalue weighted by Gasteiger charge is 2.46. The molecule has 4 aromatic rings. The number of carbonyl (C=O) groups excluding carboxylic acids is 2. The van der Waals surface area contributed by atoms with Gasteiger partial charge in [-0.2, -0.15) is 0 Å². The lowest BCUT2D eigenvalue weighted by atomic mass is 9.95. The summed E-state index contributed by atoms with van der Waals surface area (Å²) in [4.78, 5) is 31.1. The van der Waals surface area contributed by atoms with E-state index in [1.54, 1.807) is 37.4 Å². The number of aromatic amines is 1. The number of carbonyl (C=O) groups is 2. The van der Waals surface area contributed by atoms with E-state index in [1.807, 2.05) is 24.4 Å². The molecule has 2 N–H and O–H groups in total. The lowest BCUT2D eigenvalue weighted by Gasteiger charge is -2.25. The number of amides is 1. The number of nitrogens with zero attached hydrogens (tertiary/aromatic N) is 1. The number of benzene rings is 3. The van der Waals surface area contributed by atoms with E-state index in [2.05, 4.69) is 4.98 Å². The van der Waals surface area contributed by atoms with E-state index in [0.29, 0.717) is 29.0 Å². The molecule has 1 amide bonds. The number of hydrogen-bond acceptors (Lipinski definition) is 5. The first-order valence-electron chi connectivity index (χ1n) is 11.7. The largest absolute Gasteiger partial charge is 0.507 e. The summed E-state index contributed by atoms with van der Waals surface area (Å²) in [6.45, 7) is 0.176. The summed E-state index contributed by atoms with van der Waals surface area (Å²) < 4.78 is 24.7. The van der Waals surface area contributed by atoms with Crippen molar-refractivity contribution in [3.8, 4) is 11.5 Å². The van der Waals surface area contributed by atoms with Crippen molar-refractivity contribution in [2.24, 2.45) is 0 Å². The molecule has 1 fully saturated rings. The molecule has 0 bridgehead atoms. The van der Waals surface area contributed by atoms with Crippen LogP contribution in [-0.2, 0) is 16.0 Å². The van der Waals surface area contributed by atoms with Crippen molar-refractivity contribution in [2.45, 2.75) is 12.5 Å². The Kier molecular flexibility index (Phi) is 6.40. The van der Waals surface area contributed by atoms with E-state index in [1.165, 1.54) is 30.2 Å². The molecule has 0 aliphatic carbocycles. The van der Waals surface area contributed by atoms with Crippen LogP contribution in [0, 0.1) is 5.82 Å². The summed E-state index contributed by atoms with van der Waals surface area (Å²) >= 11 is 0. The average Bonchev–Trinajstić information content (AvgIpc) is 3.44. The van der Waals surface area contributed by atoms with Crippen LogP contribution in [0.1, 0.15) is 22.7 Å². The minimum atomic E-state index is -0.947. The minimum absolute atomic E-state index is 0.0821. The Bertz CT molecular complexity index is 1520. The molecule has 3 aromatic carbocycles. The predicted octanol–water partition coefficient (Wildman–Crippen LogP) is 4.99. The van der Waals surface area contributed by atoms with Crippen molar-refractivity contribution >= 4 is 28.4 Å². The molecule has 1 aromatic heterocycles. The van der Waals surface area contributed by atoms with Crippen molar-refractivity contribution in [1.29, 1.82) is 0 Å². The first-order valence-corrected chi connectivity index (χ1v) is 11.7. The van der Waals surface area contributed by atoms with Gasteiger partial charge in [-0.1, -0.05) is 12.1 Å². The SMILES string of the molecule is COc1ccc(C(O)=C2C(=O)C(=O)N(CCc3c[nH]c4ccc(OC)cc34)[C@@H]2c2cccc(F)c2)cc1. The molecule has 37 heavy (non-hydrogen) atoms. The van der Waals surface area contributed by atoms with Gasteiger partial charge in [0.25, 0.3) is 11.7 Å². The van der Waals surface area contributed by atoms with Crippen LogP contribution in [-0.4, -0.2) is 47.4 Å². The highest BCUT2D eigenvalue weighted by atomic mass is 19.1. The summed E-state index contributed by atoms with van der Waals surface area (Å²) in [5.74, 6) is -1.11. The Balaban J connectivity index is 1.55. The summed E-state index contributed by atoms with van der Waals surface area (Å²) in [5, 5.41) is 12.1. The molecule has 2 heterocycles. The van der Waals surface area contributed by atoms with E-state index >= 15 is 0 Å². The molecule has 1 aliphatic heterocycles. The third kappa shape index (κ3) is 4.42. The Morgan fingerprint density at radius 3 is 2.43 bits per heavy atom. The van der Waals surface area contributed by atoms with Crippen molar-refractivity contribution < 1.29 is 28.6 Å². The zero-order valence-corrected chi connectivity index (χ0v) is 20.3. The fourth-order valence-electron chi connectivity index (χ4n) is 4.77. The molecule has 0 unspecified atom stereocenters. The third-order valence-electron chi connectivity index (χ3n) is 6.66. The van der Waals surface area contributed by atoms with E-state index in [0.717, 1.165) is 16.5 Å². The lowest BCUT2D eigenvalue weighted by molar-refractivity contribution is -0.139. The van der Waals surface area contributed by atoms with Gasteiger partial charge in [-0.05, 0) is 72.1 Å². The van der Waals surface area contributed by atoms with Crippen molar-refractivity contribution in [3.63, 3.8) is 0 Å². The topological polar surface area (TPSA) is 91.9 Å². The predicted molar refractivity (Wildman–Crippen MR) is 137 cm³/mol. The van der Waals surface area contributed by atoms with Crippen LogP contribution in [0.5, 0.6) is 11.5 Å². The monoisotopic (exact) mass is 500 g/mol. The van der Waals surface area contributed by atoms with Gasteiger partial charge in [0, 0.05) is 29.2 Å². The van der Waals surface area contributed by atoms with Crippen LogP contribution in [0.25, 0.3) is 16.7 Å². The Morgan fingerprint density at radius 2 is 1.73 bits per heavy atom. The maximum Gasteiger partial charge on any atom is 0.295 e. The molecule has 8 heteroatoms. The van der Waals surface area contributed by atoms with Crippen LogP contribution in [0.2, 0.25) is 0 Å². The van der Waals surface area contributed by atoms with Gasteiger partial charge in [-0.15, -0.1) is 0 Å². The summed E-state index contributed by atoms with van der Waals surface area (Å²) in [6.07, 6.45) is 2.28. The zero-order chi connectivity index (χ0) is 26.1. The highest BCUT2D eigenvalue weighted by Crippen LogP contribution is 2.40. The number of Topliss-reactive ketones (excluding diaryl/α,β-unsaturated/α-hetero) is 1. The second kappa shape index (κ2) is 9.81. The van der Waals surface area contributed by atoms with Crippen LogP contribution >= 0.6 is 0 Å². The Morgan fingerprint density at radius 1 is 1.00 bits per heavy atom. The van der Waals surface area contributed by atoms with Crippen LogP contribution in [0.4, 0.5) is 4.39 Å². The molecule has 5 rings (SSSR count). The van der Waals surface area contributed by atoms with E-state index in [9.17, 15) is 19.1 Å². The van der Waals surface area contributed by atoms with Gasteiger partial charge in [0.15, 0.2) is 0 Å². The smallest absolute Gasteiger partial charge is 0.295 e. The van der Waals surface area contributed by atoms with Gasteiger partial charge >= 0.3 is 0 Å².